The lowest BCUT2D eigenvalue weighted by molar-refractivity contribution is 0.0744. The Morgan fingerprint density at radius 2 is 1.81 bits per heavy atom. The summed E-state index contributed by atoms with van der Waals surface area (Å²) in [5.74, 6) is 0.705. The number of fused-ring (bicyclic) bond motifs is 2. The maximum atomic E-state index is 13.6. The Hall–Kier alpha value is -3.12. The molecular formula is C26H27N3O2S. The summed E-state index contributed by atoms with van der Waals surface area (Å²) in [4.78, 5) is 22.8. The Balaban J connectivity index is 1.38. The third kappa shape index (κ3) is 3.58. The number of amides is 1. The Labute approximate surface area is 192 Å². The Bertz CT molecular complexity index is 1310. The number of aryl methyl sites for hydroxylation is 2. The molecule has 2 heterocycles. The summed E-state index contributed by atoms with van der Waals surface area (Å²) >= 11 is 1.73. The molecule has 1 fully saturated rings. The van der Waals surface area contributed by atoms with E-state index in [9.17, 15) is 4.79 Å². The number of anilines is 1. The van der Waals surface area contributed by atoms with E-state index >= 15 is 0 Å². The number of piperazine rings is 1. The molecule has 1 aliphatic rings. The van der Waals surface area contributed by atoms with Crippen LogP contribution in [-0.4, -0.2) is 48.6 Å². The molecule has 4 aromatic rings. The highest BCUT2D eigenvalue weighted by Gasteiger charge is 2.27. The van der Waals surface area contributed by atoms with Crippen LogP contribution < -0.4 is 9.64 Å². The Kier molecular flexibility index (Phi) is 5.47. The molecule has 5 nitrogen and oxygen atoms in total. The number of rotatable bonds is 4. The van der Waals surface area contributed by atoms with Gasteiger partial charge >= 0.3 is 0 Å². The first-order valence-electron chi connectivity index (χ1n) is 11.1. The Morgan fingerprint density at radius 3 is 2.59 bits per heavy atom. The first-order valence-corrected chi connectivity index (χ1v) is 11.9. The van der Waals surface area contributed by atoms with Gasteiger partial charge in [0.25, 0.3) is 5.91 Å². The first kappa shape index (κ1) is 20.8. The van der Waals surface area contributed by atoms with Crippen LogP contribution in [0.1, 0.15) is 28.4 Å². The van der Waals surface area contributed by atoms with Gasteiger partial charge in [0.1, 0.15) is 5.75 Å². The number of benzene rings is 3. The van der Waals surface area contributed by atoms with E-state index in [1.165, 1.54) is 15.8 Å². The molecule has 1 aromatic heterocycles. The highest BCUT2D eigenvalue weighted by atomic mass is 32.1. The molecule has 5 rings (SSSR count). The molecule has 0 saturated carbocycles. The molecule has 1 aliphatic heterocycles. The predicted octanol–water partition coefficient (Wildman–Crippen LogP) is 5.43. The largest absolute Gasteiger partial charge is 0.493 e. The summed E-state index contributed by atoms with van der Waals surface area (Å²) in [5, 5.41) is 3.04. The van der Waals surface area contributed by atoms with Crippen molar-refractivity contribution in [2.24, 2.45) is 0 Å². The van der Waals surface area contributed by atoms with Gasteiger partial charge in [0.2, 0.25) is 0 Å². The molecular weight excluding hydrogens is 418 g/mol. The van der Waals surface area contributed by atoms with Crippen LogP contribution in [0.15, 0.2) is 48.5 Å². The summed E-state index contributed by atoms with van der Waals surface area (Å²) < 4.78 is 7.06. The number of carbonyl (C=O) groups excluding carboxylic acids is 1. The molecule has 6 heteroatoms. The van der Waals surface area contributed by atoms with Gasteiger partial charge in [-0.2, -0.15) is 0 Å². The van der Waals surface area contributed by atoms with Gasteiger partial charge in [0, 0.05) is 26.2 Å². The summed E-state index contributed by atoms with van der Waals surface area (Å²) in [7, 11) is 0. The average Bonchev–Trinajstić information content (AvgIpc) is 3.26. The molecule has 0 bridgehead atoms. The molecule has 0 atom stereocenters. The van der Waals surface area contributed by atoms with Gasteiger partial charge in [-0.3, -0.25) is 4.79 Å². The van der Waals surface area contributed by atoms with Crippen LogP contribution in [0.2, 0.25) is 0 Å². The number of carbonyl (C=O) groups is 1. The second-order valence-corrected chi connectivity index (χ2v) is 9.23. The maximum Gasteiger partial charge on any atom is 0.258 e. The highest BCUT2D eigenvalue weighted by molar-refractivity contribution is 7.22. The van der Waals surface area contributed by atoms with Crippen LogP contribution in [0, 0.1) is 13.8 Å². The SMILES string of the molecule is CCOc1ccc2ccccc2c1C(=O)N1CCN(c2nc3c(C)c(C)ccc3s2)CC1. The summed E-state index contributed by atoms with van der Waals surface area (Å²) in [5.41, 5.74) is 4.29. The second-order valence-electron chi connectivity index (χ2n) is 8.22. The van der Waals surface area contributed by atoms with Crippen LogP contribution in [0.5, 0.6) is 5.75 Å². The van der Waals surface area contributed by atoms with Gasteiger partial charge in [-0.1, -0.05) is 47.7 Å². The van der Waals surface area contributed by atoms with Crippen molar-refractivity contribution in [1.29, 1.82) is 0 Å². The normalized spacial score (nSPS) is 14.3. The number of hydrogen-bond acceptors (Lipinski definition) is 5. The van der Waals surface area contributed by atoms with E-state index in [0.717, 1.165) is 34.5 Å². The number of thiazole rings is 1. The quantitative estimate of drug-likeness (QED) is 0.420. The lowest BCUT2D eigenvalue weighted by atomic mass is 10.0. The molecule has 1 saturated heterocycles. The van der Waals surface area contributed by atoms with E-state index in [1.54, 1.807) is 11.3 Å². The monoisotopic (exact) mass is 445 g/mol. The van der Waals surface area contributed by atoms with Gasteiger partial charge in [-0.15, -0.1) is 0 Å². The molecule has 3 aromatic carbocycles. The summed E-state index contributed by atoms with van der Waals surface area (Å²) in [6.07, 6.45) is 0. The molecule has 0 unspecified atom stereocenters. The Morgan fingerprint density at radius 1 is 1.03 bits per heavy atom. The lowest BCUT2D eigenvalue weighted by Crippen LogP contribution is -2.48. The second kappa shape index (κ2) is 8.43. The zero-order valence-corrected chi connectivity index (χ0v) is 19.5. The number of aromatic nitrogens is 1. The summed E-state index contributed by atoms with van der Waals surface area (Å²) in [6.45, 7) is 9.63. The minimum absolute atomic E-state index is 0.0423. The van der Waals surface area contributed by atoms with Crippen molar-refractivity contribution in [3.63, 3.8) is 0 Å². The number of ether oxygens (including phenoxy) is 1. The molecule has 0 aliphatic carbocycles. The molecule has 32 heavy (non-hydrogen) atoms. The first-order chi connectivity index (χ1) is 15.6. The van der Waals surface area contributed by atoms with Gasteiger partial charge in [-0.25, -0.2) is 4.98 Å². The molecule has 0 spiro atoms. The molecule has 0 N–H and O–H groups in total. The van der Waals surface area contributed by atoms with E-state index in [2.05, 4.69) is 30.9 Å². The zero-order chi connectivity index (χ0) is 22.2. The third-order valence-corrected chi connectivity index (χ3v) is 7.40. The predicted molar refractivity (Wildman–Crippen MR) is 132 cm³/mol. The van der Waals surface area contributed by atoms with Gasteiger partial charge < -0.3 is 14.5 Å². The van der Waals surface area contributed by atoms with Crippen LogP contribution >= 0.6 is 11.3 Å². The van der Waals surface area contributed by atoms with Crippen LogP contribution in [0.25, 0.3) is 21.0 Å². The van der Waals surface area contributed by atoms with Crippen molar-refractivity contribution in [3.8, 4) is 5.75 Å². The molecule has 1 amide bonds. The van der Waals surface area contributed by atoms with E-state index in [4.69, 9.17) is 9.72 Å². The standard InChI is InChI=1S/C26H27N3O2S/c1-4-31-21-11-10-19-7-5-6-8-20(19)23(21)25(30)28-13-15-29(16-14-28)26-27-24-18(3)17(2)9-12-22(24)32-26/h5-12H,4,13-16H2,1-3H3. The number of hydrogen-bond donors (Lipinski definition) is 0. The fourth-order valence-corrected chi connectivity index (χ4v) is 5.43. The highest BCUT2D eigenvalue weighted by Crippen LogP contribution is 2.33. The van der Waals surface area contributed by atoms with Crippen LogP contribution in [-0.2, 0) is 0 Å². The van der Waals surface area contributed by atoms with Crippen molar-refractivity contribution in [3.05, 3.63) is 65.2 Å². The van der Waals surface area contributed by atoms with E-state index in [0.29, 0.717) is 31.0 Å². The van der Waals surface area contributed by atoms with Crippen molar-refractivity contribution in [1.82, 2.24) is 9.88 Å². The van der Waals surface area contributed by atoms with Crippen molar-refractivity contribution >= 4 is 43.4 Å². The minimum Gasteiger partial charge on any atom is -0.493 e. The maximum absolute atomic E-state index is 13.6. The fraction of sp³-hybridized carbons (Fsp3) is 0.308. The van der Waals surface area contributed by atoms with Crippen molar-refractivity contribution < 1.29 is 9.53 Å². The van der Waals surface area contributed by atoms with Gasteiger partial charge in [0.15, 0.2) is 5.13 Å². The van der Waals surface area contributed by atoms with E-state index in [-0.39, 0.29) is 5.91 Å². The third-order valence-electron chi connectivity index (χ3n) is 6.32. The van der Waals surface area contributed by atoms with Gasteiger partial charge in [0.05, 0.1) is 22.4 Å². The van der Waals surface area contributed by atoms with Gasteiger partial charge in [-0.05, 0) is 54.8 Å². The van der Waals surface area contributed by atoms with E-state index in [1.807, 2.05) is 48.2 Å². The topological polar surface area (TPSA) is 45.7 Å². The summed E-state index contributed by atoms with van der Waals surface area (Å²) in [6, 6.07) is 16.3. The van der Waals surface area contributed by atoms with Crippen molar-refractivity contribution in [2.45, 2.75) is 20.8 Å². The molecule has 0 radical (unpaired) electrons. The fourth-order valence-electron chi connectivity index (χ4n) is 4.36. The van der Waals surface area contributed by atoms with Crippen LogP contribution in [0.4, 0.5) is 5.13 Å². The molecule has 164 valence electrons. The smallest absolute Gasteiger partial charge is 0.258 e. The zero-order valence-electron chi connectivity index (χ0n) is 18.7. The number of nitrogens with zero attached hydrogens (tertiary/aromatic N) is 3. The minimum atomic E-state index is 0.0423. The average molecular weight is 446 g/mol. The lowest BCUT2D eigenvalue weighted by Gasteiger charge is -2.35. The van der Waals surface area contributed by atoms with Crippen molar-refractivity contribution in [2.75, 3.05) is 37.7 Å². The van der Waals surface area contributed by atoms with Crippen LogP contribution in [0.3, 0.4) is 0 Å². The van der Waals surface area contributed by atoms with E-state index < -0.39 is 0 Å².